The molecule has 1 heterocycles. The van der Waals surface area contributed by atoms with E-state index in [1.807, 2.05) is 30.3 Å². The lowest BCUT2D eigenvalue weighted by Gasteiger charge is -1.94. The molecule has 0 fully saturated rings. The average molecular weight is 272 g/mol. The average Bonchev–Trinajstić information content (AvgIpc) is 2.07. The summed E-state index contributed by atoms with van der Waals surface area (Å²) >= 11 is 2.25. The van der Waals surface area contributed by atoms with Crippen LogP contribution in [0.25, 0.3) is 10.9 Å². The lowest BCUT2D eigenvalue weighted by atomic mass is 10.2. The van der Waals surface area contributed by atoms with Crippen LogP contribution in [0.1, 0.15) is 0 Å². The van der Waals surface area contributed by atoms with Crippen molar-refractivity contribution in [1.29, 1.82) is 0 Å². The Kier molecular flexibility index (Phi) is 1.88. The van der Waals surface area contributed by atoms with Crippen molar-refractivity contribution in [2.75, 3.05) is 0 Å². The zero-order valence-electron chi connectivity index (χ0n) is 6.24. The molecule has 1 aromatic carbocycles. The summed E-state index contributed by atoms with van der Waals surface area (Å²) in [5.74, 6) is 0. The van der Waals surface area contributed by atoms with Gasteiger partial charge in [-0.3, -0.25) is 5.21 Å². The molecule has 0 bridgehead atoms. The minimum absolute atomic E-state index is 0.837. The van der Waals surface area contributed by atoms with E-state index in [0.717, 1.165) is 19.2 Å². The number of nitrogens with zero attached hydrogens (tertiary/aromatic N) is 1. The first-order valence-corrected chi connectivity index (χ1v) is 4.65. The number of halogens is 1. The van der Waals surface area contributed by atoms with Crippen molar-refractivity contribution in [3.05, 3.63) is 40.1 Å². The second-order valence-electron chi connectivity index (χ2n) is 2.53. The molecular formula is C9H7INO+. The van der Waals surface area contributed by atoms with Crippen LogP contribution in [-0.4, -0.2) is 5.21 Å². The standard InChI is InChI=1S/C9H7INO/c10-8-4-1-5-9-7(8)3-2-6-11(9)12/h1-6,12H/q+1. The topological polar surface area (TPSA) is 24.1 Å². The number of aromatic nitrogens is 1. The highest BCUT2D eigenvalue weighted by Gasteiger charge is 2.07. The summed E-state index contributed by atoms with van der Waals surface area (Å²) < 4.78 is 2.28. The molecule has 2 nitrogen and oxygen atoms in total. The molecule has 0 atom stereocenters. The van der Waals surface area contributed by atoms with E-state index in [1.54, 1.807) is 6.20 Å². The van der Waals surface area contributed by atoms with Crippen LogP contribution in [0, 0.1) is 3.57 Å². The third kappa shape index (κ3) is 1.14. The minimum atomic E-state index is 0.837. The summed E-state index contributed by atoms with van der Waals surface area (Å²) in [5.41, 5.74) is 0.837. The first-order valence-electron chi connectivity index (χ1n) is 3.57. The number of fused-ring (bicyclic) bond motifs is 1. The van der Waals surface area contributed by atoms with Crippen LogP contribution in [0.2, 0.25) is 0 Å². The Balaban J connectivity index is 2.94. The number of benzene rings is 1. The van der Waals surface area contributed by atoms with Crippen molar-refractivity contribution in [1.82, 2.24) is 0 Å². The molecule has 1 aromatic heterocycles. The highest BCUT2D eigenvalue weighted by atomic mass is 127. The Labute approximate surface area is 83.6 Å². The molecule has 0 aliphatic carbocycles. The number of pyridine rings is 1. The van der Waals surface area contributed by atoms with E-state index in [2.05, 4.69) is 22.6 Å². The monoisotopic (exact) mass is 272 g/mol. The number of hydrogen-bond donors (Lipinski definition) is 1. The number of rotatable bonds is 0. The van der Waals surface area contributed by atoms with Gasteiger partial charge < -0.3 is 0 Å². The number of hydrogen-bond acceptors (Lipinski definition) is 1. The van der Waals surface area contributed by atoms with Crippen molar-refractivity contribution in [2.24, 2.45) is 0 Å². The maximum absolute atomic E-state index is 9.41. The van der Waals surface area contributed by atoms with Gasteiger partial charge in [0.1, 0.15) is 0 Å². The van der Waals surface area contributed by atoms with E-state index in [0.29, 0.717) is 0 Å². The first-order chi connectivity index (χ1) is 5.79. The van der Waals surface area contributed by atoms with Crippen LogP contribution < -0.4 is 4.73 Å². The Morgan fingerprint density at radius 2 is 2.00 bits per heavy atom. The molecule has 0 saturated carbocycles. The molecule has 0 radical (unpaired) electrons. The van der Waals surface area contributed by atoms with Crippen LogP contribution in [0.4, 0.5) is 0 Å². The minimum Gasteiger partial charge on any atom is -0.285 e. The smallest absolute Gasteiger partial charge is 0.265 e. The Hall–Kier alpha value is -0.840. The third-order valence-electron chi connectivity index (χ3n) is 1.77. The molecule has 0 saturated heterocycles. The molecule has 3 heteroatoms. The quantitative estimate of drug-likeness (QED) is 0.442. The molecule has 0 aliphatic heterocycles. The predicted molar refractivity (Wildman–Crippen MR) is 54.0 cm³/mol. The molecule has 1 N–H and O–H groups in total. The molecule has 12 heavy (non-hydrogen) atoms. The van der Waals surface area contributed by atoms with E-state index in [9.17, 15) is 5.21 Å². The second-order valence-corrected chi connectivity index (χ2v) is 3.69. The van der Waals surface area contributed by atoms with Crippen LogP contribution in [0.15, 0.2) is 36.5 Å². The van der Waals surface area contributed by atoms with Crippen molar-refractivity contribution in [3.8, 4) is 0 Å². The lowest BCUT2D eigenvalue weighted by molar-refractivity contribution is -0.884. The Morgan fingerprint density at radius 1 is 1.17 bits per heavy atom. The van der Waals surface area contributed by atoms with Gasteiger partial charge in [0.2, 0.25) is 6.20 Å². The summed E-state index contributed by atoms with van der Waals surface area (Å²) in [7, 11) is 0. The summed E-state index contributed by atoms with van der Waals surface area (Å²) in [4.78, 5) is 0. The summed E-state index contributed by atoms with van der Waals surface area (Å²) in [6, 6.07) is 9.64. The highest BCUT2D eigenvalue weighted by molar-refractivity contribution is 14.1. The van der Waals surface area contributed by atoms with Gasteiger partial charge in [0, 0.05) is 20.4 Å². The normalized spacial score (nSPS) is 10.4. The molecule has 2 aromatic rings. The maximum Gasteiger partial charge on any atom is 0.265 e. The summed E-state index contributed by atoms with van der Waals surface area (Å²) in [5, 5.41) is 10.5. The van der Waals surface area contributed by atoms with E-state index in [-0.39, 0.29) is 0 Å². The molecule has 0 unspecified atom stereocenters. The van der Waals surface area contributed by atoms with Crippen LogP contribution >= 0.6 is 22.6 Å². The van der Waals surface area contributed by atoms with Gasteiger partial charge >= 0.3 is 0 Å². The van der Waals surface area contributed by atoms with E-state index >= 15 is 0 Å². The van der Waals surface area contributed by atoms with Crippen molar-refractivity contribution in [3.63, 3.8) is 0 Å². The predicted octanol–water partition coefficient (Wildman–Crippen LogP) is 1.97. The van der Waals surface area contributed by atoms with E-state index < -0.39 is 0 Å². The first kappa shape index (κ1) is 7.79. The second kappa shape index (κ2) is 2.90. The van der Waals surface area contributed by atoms with E-state index in [1.165, 1.54) is 0 Å². The van der Waals surface area contributed by atoms with Crippen LogP contribution in [0.3, 0.4) is 0 Å². The fourth-order valence-electron chi connectivity index (χ4n) is 1.19. The lowest BCUT2D eigenvalue weighted by Crippen LogP contribution is -2.29. The van der Waals surface area contributed by atoms with Gasteiger partial charge in [-0.1, -0.05) is 6.07 Å². The van der Waals surface area contributed by atoms with Crippen molar-refractivity contribution in [2.45, 2.75) is 0 Å². The summed E-state index contributed by atoms with van der Waals surface area (Å²) in [6.45, 7) is 0. The van der Waals surface area contributed by atoms with Crippen LogP contribution in [0.5, 0.6) is 0 Å². The largest absolute Gasteiger partial charge is 0.285 e. The highest BCUT2D eigenvalue weighted by Crippen LogP contribution is 2.16. The fourth-order valence-corrected chi connectivity index (χ4v) is 1.86. The fraction of sp³-hybridized carbons (Fsp3) is 0. The van der Waals surface area contributed by atoms with Gasteiger partial charge in [-0.2, -0.15) is 0 Å². The van der Waals surface area contributed by atoms with Gasteiger partial charge in [-0.25, -0.2) is 0 Å². The Morgan fingerprint density at radius 3 is 2.75 bits per heavy atom. The van der Waals surface area contributed by atoms with Crippen molar-refractivity contribution < 1.29 is 9.94 Å². The van der Waals surface area contributed by atoms with E-state index in [4.69, 9.17) is 0 Å². The van der Waals surface area contributed by atoms with Gasteiger partial charge in [0.25, 0.3) is 5.52 Å². The van der Waals surface area contributed by atoms with Gasteiger partial charge in [-0.15, -0.1) is 0 Å². The Bertz CT molecular complexity index is 387. The molecule has 0 amide bonds. The zero-order chi connectivity index (χ0) is 8.55. The zero-order valence-corrected chi connectivity index (χ0v) is 8.39. The van der Waals surface area contributed by atoms with Gasteiger partial charge in [0.05, 0.1) is 5.39 Å². The third-order valence-corrected chi connectivity index (χ3v) is 2.71. The molecule has 2 rings (SSSR count). The molecule has 0 spiro atoms. The van der Waals surface area contributed by atoms with Gasteiger partial charge in [-0.05, 0) is 34.7 Å². The molecule has 60 valence electrons. The molecular weight excluding hydrogens is 265 g/mol. The maximum atomic E-state index is 9.41. The van der Waals surface area contributed by atoms with Crippen molar-refractivity contribution >= 4 is 33.5 Å². The molecule has 0 aliphatic rings. The van der Waals surface area contributed by atoms with Crippen LogP contribution in [-0.2, 0) is 0 Å². The summed E-state index contributed by atoms with van der Waals surface area (Å²) in [6.07, 6.45) is 1.62. The van der Waals surface area contributed by atoms with Gasteiger partial charge in [0.15, 0.2) is 0 Å². The SMILES string of the molecule is O[n+]1cccc2c(I)cccc21.